The van der Waals surface area contributed by atoms with Crippen LogP contribution in [0.4, 0.5) is 5.69 Å². The maximum Gasteiger partial charge on any atom is 0.259 e. The quantitative estimate of drug-likeness (QED) is 0.873. The smallest absolute Gasteiger partial charge is 0.259 e. The van der Waals surface area contributed by atoms with Gasteiger partial charge in [-0.1, -0.05) is 36.0 Å². The number of ether oxygens (including phenoxy) is 1. The Morgan fingerprint density at radius 2 is 2.05 bits per heavy atom. The van der Waals surface area contributed by atoms with E-state index in [-0.39, 0.29) is 0 Å². The lowest BCUT2D eigenvalue weighted by Crippen LogP contribution is -2.32. The Labute approximate surface area is 128 Å². The zero-order chi connectivity index (χ0) is 14.9. The average molecular weight is 308 g/mol. The minimum Gasteiger partial charge on any atom is -0.399 e. The van der Waals surface area contributed by atoms with E-state index in [9.17, 15) is 0 Å². The van der Waals surface area contributed by atoms with Crippen LogP contribution in [-0.4, -0.2) is 17.3 Å². The second-order valence-electron chi connectivity index (χ2n) is 5.42. The lowest BCUT2D eigenvalue weighted by atomic mass is 9.84. The van der Waals surface area contributed by atoms with Crippen LogP contribution in [0.3, 0.4) is 0 Å². The highest BCUT2D eigenvalue weighted by molar-refractivity contribution is 6.33. The fraction of sp³-hybridized carbons (Fsp3) is 0.467. The van der Waals surface area contributed by atoms with Crippen molar-refractivity contribution in [2.45, 2.75) is 37.7 Å². The van der Waals surface area contributed by atoms with Crippen LogP contribution in [-0.2, 0) is 10.3 Å². The van der Waals surface area contributed by atoms with Crippen molar-refractivity contribution in [2.75, 3.05) is 12.8 Å². The molecule has 0 aliphatic heterocycles. The van der Waals surface area contributed by atoms with Crippen LogP contribution in [0.5, 0.6) is 0 Å². The molecule has 0 unspecified atom stereocenters. The summed E-state index contributed by atoms with van der Waals surface area (Å²) in [5.74, 6) is 1.00. The molecule has 1 saturated carbocycles. The maximum absolute atomic E-state index is 6.19. The van der Waals surface area contributed by atoms with Crippen molar-refractivity contribution >= 4 is 17.3 Å². The first-order valence-corrected chi connectivity index (χ1v) is 7.47. The number of aromatic nitrogens is 2. The standard InChI is InChI=1S/C15H18ClN3O2/c1-20-15(7-3-2-4-8-15)14-18-13(21-19-14)11-6-5-10(17)9-12(11)16/h5-6,9H,2-4,7-8,17H2,1H3. The largest absolute Gasteiger partial charge is 0.399 e. The first-order chi connectivity index (χ1) is 10.1. The van der Waals surface area contributed by atoms with E-state index >= 15 is 0 Å². The molecule has 1 aliphatic carbocycles. The monoisotopic (exact) mass is 307 g/mol. The molecule has 0 bridgehead atoms. The fourth-order valence-corrected chi connectivity index (χ4v) is 3.13. The lowest BCUT2D eigenvalue weighted by Gasteiger charge is -2.32. The number of nitrogens with zero attached hydrogens (tertiary/aromatic N) is 2. The number of hydrogen-bond acceptors (Lipinski definition) is 5. The van der Waals surface area contributed by atoms with Gasteiger partial charge in [-0.05, 0) is 31.0 Å². The molecular weight excluding hydrogens is 290 g/mol. The second kappa shape index (κ2) is 5.66. The van der Waals surface area contributed by atoms with Crippen LogP contribution in [0.2, 0.25) is 5.02 Å². The highest BCUT2D eigenvalue weighted by Crippen LogP contribution is 2.39. The summed E-state index contributed by atoms with van der Waals surface area (Å²) in [6.45, 7) is 0. The molecule has 0 radical (unpaired) electrons. The van der Waals surface area contributed by atoms with Crippen molar-refractivity contribution in [2.24, 2.45) is 0 Å². The highest BCUT2D eigenvalue weighted by Gasteiger charge is 2.38. The summed E-state index contributed by atoms with van der Waals surface area (Å²) >= 11 is 6.19. The Bertz CT molecular complexity index is 636. The highest BCUT2D eigenvalue weighted by atomic mass is 35.5. The molecule has 1 heterocycles. The minimum atomic E-state index is -0.430. The zero-order valence-corrected chi connectivity index (χ0v) is 12.7. The van der Waals surface area contributed by atoms with Gasteiger partial charge in [0.2, 0.25) is 5.82 Å². The van der Waals surface area contributed by atoms with Crippen LogP contribution in [0.15, 0.2) is 22.7 Å². The van der Waals surface area contributed by atoms with Crippen molar-refractivity contribution in [3.05, 3.63) is 29.0 Å². The summed E-state index contributed by atoms with van der Waals surface area (Å²) in [6.07, 6.45) is 5.27. The first kappa shape index (κ1) is 14.4. The average Bonchev–Trinajstić information content (AvgIpc) is 2.98. The summed E-state index contributed by atoms with van der Waals surface area (Å²) < 4.78 is 11.1. The van der Waals surface area contributed by atoms with Gasteiger partial charge in [-0.3, -0.25) is 0 Å². The Kier molecular flexibility index (Phi) is 3.87. The van der Waals surface area contributed by atoms with Crippen molar-refractivity contribution in [3.63, 3.8) is 0 Å². The van der Waals surface area contributed by atoms with Gasteiger partial charge in [0, 0.05) is 12.8 Å². The predicted octanol–water partition coefficient (Wildman–Crippen LogP) is 3.78. The third-order valence-corrected chi connectivity index (χ3v) is 4.42. The zero-order valence-electron chi connectivity index (χ0n) is 11.9. The van der Waals surface area contributed by atoms with Gasteiger partial charge in [-0.15, -0.1) is 0 Å². The molecule has 0 saturated heterocycles. The number of anilines is 1. The van der Waals surface area contributed by atoms with E-state index < -0.39 is 5.60 Å². The topological polar surface area (TPSA) is 74.2 Å². The SMILES string of the molecule is COC1(c2noc(-c3ccc(N)cc3Cl)n2)CCCCC1. The number of benzene rings is 1. The summed E-state index contributed by atoms with van der Waals surface area (Å²) in [4.78, 5) is 4.51. The molecule has 0 spiro atoms. The molecule has 1 aliphatic rings. The van der Waals surface area contributed by atoms with E-state index in [2.05, 4.69) is 10.1 Å². The number of nitrogens with two attached hydrogens (primary N) is 1. The van der Waals surface area contributed by atoms with Crippen LogP contribution in [0.25, 0.3) is 11.5 Å². The summed E-state index contributed by atoms with van der Waals surface area (Å²) in [7, 11) is 1.71. The van der Waals surface area contributed by atoms with Crippen molar-refractivity contribution in [1.29, 1.82) is 0 Å². The van der Waals surface area contributed by atoms with Crippen LogP contribution < -0.4 is 5.73 Å². The number of methoxy groups -OCH3 is 1. The van der Waals surface area contributed by atoms with E-state index in [1.165, 1.54) is 6.42 Å². The normalized spacial score (nSPS) is 17.8. The van der Waals surface area contributed by atoms with E-state index in [0.29, 0.717) is 28.0 Å². The fourth-order valence-electron chi connectivity index (χ4n) is 2.86. The van der Waals surface area contributed by atoms with Crippen molar-refractivity contribution in [1.82, 2.24) is 10.1 Å². The Balaban J connectivity index is 1.95. The molecule has 3 rings (SSSR count). The molecule has 1 fully saturated rings. The lowest BCUT2D eigenvalue weighted by molar-refractivity contribution is -0.0527. The Morgan fingerprint density at radius 3 is 2.71 bits per heavy atom. The molecule has 21 heavy (non-hydrogen) atoms. The number of hydrogen-bond donors (Lipinski definition) is 1. The molecule has 112 valence electrons. The molecule has 2 N–H and O–H groups in total. The molecule has 2 aromatic rings. The molecule has 0 amide bonds. The van der Waals surface area contributed by atoms with Gasteiger partial charge >= 0.3 is 0 Å². The molecular formula is C15H18ClN3O2. The summed E-state index contributed by atoms with van der Waals surface area (Å²) in [5.41, 5.74) is 6.56. The van der Waals surface area contributed by atoms with Crippen molar-refractivity contribution in [3.8, 4) is 11.5 Å². The molecule has 5 nitrogen and oxygen atoms in total. The predicted molar refractivity (Wildman–Crippen MR) is 80.9 cm³/mol. The Morgan fingerprint density at radius 1 is 1.29 bits per heavy atom. The van der Waals surface area contributed by atoms with Crippen LogP contribution >= 0.6 is 11.6 Å². The first-order valence-electron chi connectivity index (χ1n) is 7.09. The molecule has 0 atom stereocenters. The van der Waals surface area contributed by atoms with Crippen LogP contribution in [0.1, 0.15) is 37.9 Å². The maximum atomic E-state index is 6.19. The van der Waals surface area contributed by atoms with Gasteiger partial charge in [0.15, 0.2) is 0 Å². The van der Waals surface area contributed by atoms with Gasteiger partial charge in [-0.25, -0.2) is 0 Å². The van der Waals surface area contributed by atoms with E-state index in [1.807, 2.05) is 0 Å². The van der Waals surface area contributed by atoms with E-state index in [1.54, 1.807) is 25.3 Å². The van der Waals surface area contributed by atoms with Gasteiger partial charge in [0.05, 0.1) is 10.6 Å². The number of rotatable bonds is 3. The van der Waals surface area contributed by atoms with E-state index in [0.717, 1.165) is 25.7 Å². The second-order valence-corrected chi connectivity index (χ2v) is 5.83. The summed E-state index contributed by atoms with van der Waals surface area (Å²) in [5, 5.41) is 4.62. The third-order valence-electron chi connectivity index (χ3n) is 4.11. The van der Waals surface area contributed by atoms with Gasteiger partial charge in [0.25, 0.3) is 5.89 Å². The van der Waals surface area contributed by atoms with Crippen LogP contribution in [0, 0.1) is 0 Å². The van der Waals surface area contributed by atoms with Crippen molar-refractivity contribution < 1.29 is 9.26 Å². The third kappa shape index (κ3) is 2.63. The van der Waals surface area contributed by atoms with Gasteiger partial charge in [-0.2, -0.15) is 4.98 Å². The van der Waals surface area contributed by atoms with E-state index in [4.69, 9.17) is 26.6 Å². The molecule has 1 aromatic heterocycles. The number of nitrogen functional groups attached to an aromatic ring is 1. The Hall–Kier alpha value is -1.59. The van der Waals surface area contributed by atoms with Gasteiger partial charge < -0.3 is 15.0 Å². The van der Waals surface area contributed by atoms with Gasteiger partial charge in [0.1, 0.15) is 5.60 Å². The number of halogens is 1. The minimum absolute atomic E-state index is 0.400. The molecule has 6 heteroatoms. The molecule has 1 aromatic carbocycles. The summed E-state index contributed by atoms with van der Waals surface area (Å²) in [6, 6.07) is 5.22.